The molecule has 0 radical (unpaired) electrons. The van der Waals surface area contributed by atoms with Gasteiger partial charge in [0, 0.05) is 23.3 Å². The molecular weight excluding hydrogens is 506 g/mol. The summed E-state index contributed by atoms with van der Waals surface area (Å²) >= 11 is 0. The fraction of sp³-hybridized carbons (Fsp3) is 0.690. The topological polar surface area (TPSA) is 143 Å². The standard InChI is InChI=1S/C29H47NO9/c1-19(2)27(34)37-14-8-7-9-23-18-26(33)30(13-16-39-29(36)21(5)6)25(32)17-22(10-11-24(23)31)12-15-38-28(35)20(3)4/h22-26,31-33H,1,3,5,7-18H2,2,4,6H3. The fourth-order valence-electron chi connectivity index (χ4n) is 4.43. The van der Waals surface area contributed by atoms with E-state index in [-0.39, 0.29) is 56.6 Å². The van der Waals surface area contributed by atoms with Crippen LogP contribution in [0.2, 0.25) is 0 Å². The Labute approximate surface area is 232 Å². The second kappa shape index (κ2) is 17.9. The Morgan fingerprint density at radius 1 is 0.718 bits per heavy atom. The third kappa shape index (κ3) is 13.4. The highest BCUT2D eigenvalue weighted by Crippen LogP contribution is 2.30. The van der Waals surface area contributed by atoms with E-state index in [0.717, 1.165) is 0 Å². The van der Waals surface area contributed by atoms with Gasteiger partial charge >= 0.3 is 17.9 Å². The number of rotatable bonds is 14. The molecule has 1 aliphatic heterocycles. The zero-order valence-corrected chi connectivity index (χ0v) is 23.7. The molecule has 1 saturated heterocycles. The summed E-state index contributed by atoms with van der Waals surface area (Å²) in [7, 11) is 0. The van der Waals surface area contributed by atoms with Crippen molar-refractivity contribution in [2.75, 3.05) is 26.4 Å². The number of aliphatic hydroxyl groups is 3. The molecule has 0 amide bonds. The van der Waals surface area contributed by atoms with E-state index in [1.165, 1.54) is 11.8 Å². The van der Waals surface area contributed by atoms with Crippen molar-refractivity contribution in [1.29, 1.82) is 0 Å². The zero-order valence-electron chi connectivity index (χ0n) is 23.7. The number of hydrogen-bond acceptors (Lipinski definition) is 10. The van der Waals surface area contributed by atoms with E-state index in [0.29, 0.717) is 49.7 Å². The van der Waals surface area contributed by atoms with Gasteiger partial charge in [0.05, 0.1) is 19.3 Å². The van der Waals surface area contributed by atoms with Crippen LogP contribution in [-0.2, 0) is 28.6 Å². The molecule has 39 heavy (non-hydrogen) atoms. The predicted octanol–water partition coefficient (Wildman–Crippen LogP) is 3.01. The summed E-state index contributed by atoms with van der Waals surface area (Å²) in [5.41, 5.74) is 0.878. The number of nitrogens with zero attached hydrogens (tertiary/aromatic N) is 1. The highest BCUT2D eigenvalue weighted by Gasteiger charge is 2.32. The predicted molar refractivity (Wildman–Crippen MR) is 146 cm³/mol. The molecule has 10 nitrogen and oxygen atoms in total. The van der Waals surface area contributed by atoms with Crippen LogP contribution in [0, 0.1) is 11.8 Å². The van der Waals surface area contributed by atoms with Crippen molar-refractivity contribution in [3.05, 3.63) is 36.5 Å². The number of aliphatic hydroxyl groups excluding tert-OH is 3. The van der Waals surface area contributed by atoms with Gasteiger partial charge in [-0.2, -0.15) is 0 Å². The maximum atomic E-state index is 11.8. The Hall–Kier alpha value is -2.53. The first-order valence-corrected chi connectivity index (χ1v) is 13.6. The third-order valence-electron chi connectivity index (χ3n) is 6.83. The van der Waals surface area contributed by atoms with Crippen LogP contribution in [0.1, 0.15) is 72.1 Å². The number of carbonyl (C=O) groups excluding carboxylic acids is 3. The van der Waals surface area contributed by atoms with Crippen LogP contribution in [0.4, 0.5) is 0 Å². The van der Waals surface area contributed by atoms with Gasteiger partial charge in [0.2, 0.25) is 0 Å². The lowest BCUT2D eigenvalue weighted by molar-refractivity contribution is -0.150. The van der Waals surface area contributed by atoms with Crippen molar-refractivity contribution >= 4 is 17.9 Å². The Balaban J connectivity index is 2.91. The molecule has 1 fully saturated rings. The summed E-state index contributed by atoms with van der Waals surface area (Å²) in [5.74, 6) is -1.86. The van der Waals surface area contributed by atoms with E-state index >= 15 is 0 Å². The van der Waals surface area contributed by atoms with Crippen LogP contribution in [0.25, 0.3) is 0 Å². The molecule has 5 unspecified atom stereocenters. The van der Waals surface area contributed by atoms with E-state index in [4.69, 9.17) is 14.2 Å². The first-order chi connectivity index (χ1) is 18.3. The molecule has 0 aromatic rings. The molecule has 3 N–H and O–H groups in total. The minimum atomic E-state index is -1.09. The second-order valence-corrected chi connectivity index (χ2v) is 10.5. The van der Waals surface area contributed by atoms with E-state index in [9.17, 15) is 29.7 Å². The number of ether oxygens (including phenoxy) is 3. The molecule has 0 bridgehead atoms. The van der Waals surface area contributed by atoms with Crippen molar-refractivity contribution in [2.24, 2.45) is 11.8 Å². The molecule has 0 aliphatic carbocycles. The smallest absolute Gasteiger partial charge is 0.333 e. The van der Waals surface area contributed by atoms with Gasteiger partial charge in [-0.3, -0.25) is 0 Å². The van der Waals surface area contributed by atoms with Gasteiger partial charge in [0.1, 0.15) is 19.1 Å². The van der Waals surface area contributed by atoms with E-state index in [2.05, 4.69) is 19.7 Å². The summed E-state index contributed by atoms with van der Waals surface area (Å²) in [6.07, 6.45) is 1.02. The molecule has 5 atom stereocenters. The SMILES string of the molecule is C=C(C)C(=O)OCCCCC1CC(O)N(CCOC(=O)C(=C)C)C(O)CC(CCOC(=O)C(=C)C)CCC1O. The van der Waals surface area contributed by atoms with Gasteiger partial charge in [-0.25, -0.2) is 19.3 Å². The van der Waals surface area contributed by atoms with Crippen molar-refractivity contribution in [3.8, 4) is 0 Å². The minimum absolute atomic E-state index is 0.0536. The normalized spacial score (nSPS) is 24.3. The lowest BCUT2D eigenvalue weighted by Crippen LogP contribution is -2.48. The van der Waals surface area contributed by atoms with Crippen LogP contribution in [0.15, 0.2) is 36.5 Å². The second-order valence-electron chi connectivity index (χ2n) is 10.5. The highest BCUT2D eigenvalue weighted by molar-refractivity contribution is 5.87. The summed E-state index contributed by atoms with van der Waals surface area (Å²) < 4.78 is 15.6. The Bertz CT molecular complexity index is 856. The van der Waals surface area contributed by atoms with E-state index in [1.807, 2.05) is 0 Å². The molecule has 0 spiro atoms. The van der Waals surface area contributed by atoms with Gasteiger partial charge in [-0.15, -0.1) is 0 Å². The van der Waals surface area contributed by atoms with Crippen molar-refractivity contribution in [3.63, 3.8) is 0 Å². The fourth-order valence-corrected chi connectivity index (χ4v) is 4.43. The van der Waals surface area contributed by atoms with E-state index < -0.39 is 36.5 Å². The van der Waals surface area contributed by atoms with Crippen LogP contribution in [0.5, 0.6) is 0 Å². The summed E-state index contributed by atoms with van der Waals surface area (Å²) in [6.45, 7) is 15.8. The van der Waals surface area contributed by atoms with Crippen LogP contribution in [0.3, 0.4) is 0 Å². The number of hydrogen-bond donors (Lipinski definition) is 3. The lowest BCUT2D eigenvalue weighted by Gasteiger charge is -2.38. The summed E-state index contributed by atoms with van der Waals surface area (Å²) in [6, 6.07) is 0. The Kier molecular flexibility index (Phi) is 15.9. The molecule has 1 rings (SSSR count). The summed E-state index contributed by atoms with van der Waals surface area (Å²) in [4.78, 5) is 36.6. The quantitative estimate of drug-likeness (QED) is 0.127. The van der Waals surface area contributed by atoms with Crippen molar-refractivity contribution < 1.29 is 43.9 Å². The monoisotopic (exact) mass is 553 g/mol. The van der Waals surface area contributed by atoms with Gasteiger partial charge in [-0.1, -0.05) is 19.7 Å². The average Bonchev–Trinajstić information content (AvgIpc) is 2.86. The number of unbranched alkanes of at least 4 members (excludes halogenated alkanes) is 1. The lowest BCUT2D eigenvalue weighted by atomic mass is 9.84. The largest absolute Gasteiger partial charge is 0.462 e. The number of esters is 3. The Morgan fingerprint density at radius 3 is 1.79 bits per heavy atom. The Morgan fingerprint density at radius 2 is 1.23 bits per heavy atom. The molecule has 10 heteroatoms. The first-order valence-electron chi connectivity index (χ1n) is 13.6. The zero-order chi connectivity index (χ0) is 29.5. The minimum Gasteiger partial charge on any atom is -0.462 e. The van der Waals surface area contributed by atoms with Gasteiger partial charge in [-0.05, 0) is 84.0 Å². The van der Waals surface area contributed by atoms with Crippen LogP contribution >= 0.6 is 0 Å². The molecular formula is C29H47NO9. The highest BCUT2D eigenvalue weighted by atomic mass is 16.5. The molecule has 1 aliphatic rings. The van der Waals surface area contributed by atoms with Crippen molar-refractivity contribution in [2.45, 2.75) is 90.7 Å². The van der Waals surface area contributed by atoms with Gasteiger partial charge < -0.3 is 29.5 Å². The summed E-state index contributed by atoms with van der Waals surface area (Å²) in [5, 5.41) is 33.2. The molecule has 0 aromatic carbocycles. The van der Waals surface area contributed by atoms with Crippen LogP contribution < -0.4 is 0 Å². The van der Waals surface area contributed by atoms with Gasteiger partial charge in [0.15, 0.2) is 0 Å². The van der Waals surface area contributed by atoms with Crippen LogP contribution in [-0.4, -0.2) is 83.1 Å². The van der Waals surface area contributed by atoms with Gasteiger partial charge in [0.25, 0.3) is 0 Å². The maximum absolute atomic E-state index is 11.8. The number of carbonyl (C=O) groups is 3. The van der Waals surface area contributed by atoms with E-state index in [1.54, 1.807) is 13.8 Å². The first kappa shape index (κ1) is 34.5. The maximum Gasteiger partial charge on any atom is 0.333 e. The third-order valence-corrected chi connectivity index (χ3v) is 6.83. The molecule has 0 aromatic heterocycles. The molecule has 222 valence electrons. The average molecular weight is 554 g/mol. The molecule has 1 heterocycles. The molecule has 0 saturated carbocycles. The van der Waals surface area contributed by atoms with Crippen molar-refractivity contribution in [1.82, 2.24) is 4.90 Å².